The van der Waals surface area contributed by atoms with Gasteiger partial charge in [-0.3, -0.25) is 0 Å². The van der Waals surface area contributed by atoms with Crippen LogP contribution in [0.1, 0.15) is 111 Å². The van der Waals surface area contributed by atoms with E-state index in [4.69, 9.17) is 0 Å². The van der Waals surface area contributed by atoms with Crippen LogP contribution >= 0.6 is 0 Å². The van der Waals surface area contributed by atoms with Gasteiger partial charge in [-0.2, -0.15) is 0 Å². The predicted molar refractivity (Wildman–Crippen MR) is 92.1 cm³/mol. The van der Waals surface area contributed by atoms with Crippen LogP contribution in [-0.2, 0) is 0 Å². The van der Waals surface area contributed by atoms with Gasteiger partial charge < -0.3 is 0 Å². The molecule has 0 aromatic heterocycles. The highest BCUT2D eigenvalue weighted by Gasteiger charge is 2.24. The molecule has 2 rings (SSSR count). The zero-order valence-electron chi connectivity index (χ0n) is 14.8. The van der Waals surface area contributed by atoms with E-state index in [1.165, 1.54) is 83.5 Å². The summed E-state index contributed by atoms with van der Waals surface area (Å²) in [5.74, 6) is 2.00. The van der Waals surface area contributed by atoms with E-state index in [0.717, 1.165) is 17.3 Å². The molecule has 20 heavy (non-hydrogen) atoms. The molecule has 0 heterocycles. The summed E-state index contributed by atoms with van der Waals surface area (Å²) in [7, 11) is 0. The Morgan fingerprint density at radius 1 is 0.900 bits per heavy atom. The molecular weight excluding hydrogens is 240 g/mol. The summed E-state index contributed by atoms with van der Waals surface area (Å²) < 4.78 is 0. The lowest BCUT2D eigenvalue weighted by atomic mass is 9.73. The van der Waals surface area contributed by atoms with Gasteiger partial charge in [0.15, 0.2) is 0 Å². The molecule has 0 aromatic carbocycles. The fourth-order valence-electron chi connectivity index (χ4n) is 4.35. The topological polar surface area (TPSA) is 0 Å². The molecule has 0 aliphatic heterocycles. The molecule has 0 saturated heterocycles. The predicted octanol–water partition coefficient (Wildman–Crippen LogP) is 7.37. The molecule has 0 radical (unpaired) electrons. The minimum Gasteiger partial charge on any atom is -0.0654 e. The lowest BCUT2D eigenvalue weighted by Crippen LogP contribution is -2.19. The van der Waals surface area contributed by atoms with E-state index < -0.39 is 0 Å². The van der Waals surface area contributed by atoms with Crippen LogP contribution < -0.4 is 0 Å². The first-order chi connectivity index (χ1) is 9.56. The third kappa shape index (κ3) is 7.70. The first-order valence-corrected chi connectivity index (χ1v) is 9.56. The van der Waals surface area contributed by atoms with Gasteiger partial charge in [0.25, 0.3) is 0 Å². The smallest absolute Gasteiger partial charge is 0.0326 e. The SMILES string of the molecule is CC(C)CC1CCCCC1.CCCC1(C)CCCCC1. The molecule has 0 N–H and O–H groups in total. The van der Waals surface area contributed by atoms with Crippen molar-refractivity contribution < 1.29 is 0 Å². The zero-order chi connectivity index (χ0) is 14.8. The van der Waals surface area contributed by atoms with Gasteiger partial charge in [-0.1, -0.05) is 85.5 Å². The Labute approximate surface area is 129 Å². The van der Waals surface area contributed by atoms with Crippen LogP contribution in [0.4, 0.5) is 0 Å². The van der Waals surface area contributed by atoms with Crippen molar-refractivity contribution >= 4 is 0 Å². The van der Waals surface area contributed by atoms with Crippen LogP contribution in [0.2, 0.25) is 0 Å². The van der Waals surface area contributed by atoms with Crippen LogP contribution in [0.25, 0.3) is 0 Å². The molecule has 0 spiro atoms. The molecule has 2 aliphatic rings. The summed E-state index contributed by atoms with van der Waals surface area (Å²) in [4.78, 5) is 0. The lowest BCUT2D eigenvalue weighted by molar-refractivity contribution is 0.197. The molecule has 0 atom stereocenters. The van der Waals surface area contributed by atoms with Crippen molar-refractivity contribution in [2.75, 3.05) is 0 Å². The molecule has 0 unspecified atom stereocenters. The van der Waals surface area contributed by atoms with Gasteiger partial charge in [0.05, 0.1) is 0 Å². The van der Waals surface area contributed by atoms with Crippen molar-refractivity contribution in [2.45, 2.75) is 111 Å². The normalized spacial score (nSPS) is 23.2. The standard InChI is InChI=1S/2C10H20/c1-9(2)8-10-6-4-3-5-7-10;1-3-7-10(2)8-5-4-6-9-10/h9-10H,3-8H2,1-2H3;3-9H2,1-2H3. The molecule has 2 aliphatic carbocycles. The van der Waals surface area contributed by atoms with Crippen molar-refractivity contribution in [3.05, 3.63) is 0 Å². The first kappa shape index (κ1) is 18.1. The van der Waals surface area contributed by atoms with E-state index in [1.807, 2.05) is 0 Å². The summed E-state index contributed by atoms with van der Waals surface area (Å²) in [6, 6.07) is 0. The van der Waals surface area contributed by atoms with E-state index in [9.17, 15) is 0 Å². The van der Waals surface area contributed by atoms with Crippen LogP contribution in [-0.4, -0.2) is 0 Å². The average molecular weight is 281 g/mol. The van der Waals surface area contributed by atoms with Crippen LogP contribution in [0.5, 0.6) is 0 Å². The Morgan fingerprint density at radius 2 is 1.45 bits per heavy atom. The summed E-state index contributed by atoms with van der Waals surface area (Å²) in [6.45, 7) is 9.46. The van der Waals surface area contributed by atoms with Gasteiger partial charge in [0.1, 0.15) is 0 Å². The highest BCUT2D eigenvalue weighted by Crippen LogP contribution is 2.39. The second kappa shape index (κ2) is 9.85. The van der Waals surface area contributed by atoms with Gasteiger partial charge in [0.2, 0.25) is 0 Å². The van der Waals surface area contributed by atoms with Crippen molar-refractivity contribution in [1.29, 1.82) is 0 Å². The largest absolute Gasteiger partial charge is 0.0654 e. The van der Waals surface area contributed by atoms with Crippen molar-refractivity contribution in [3.63, 3.8) is 0 Å². The second-order valence-corrected chi connectivity index (χ2v) is 8.25. The molecule has 0 heteroatoms. The van der Waals surface area contributed by atoms with Crippen molar-refractivity contribution in [3.8, 4) is 0 Å². The Balaban J connectivity index is 0.000000200. The third-order valence-electron chi connectivity index (χ3n) is 5.44. The van der Waals surface area contributed by atoms with Gasteiger partial charge in [-0.25, -0.2) is 0 Å². The minimum atomic E-state index is 0.729. The second-order valence-electron chi connectivity index (χ2n) is 8.25. The van der Waals surface area contributed by atoms with E-state index in [-0.39, 0.29) is 0 Å². The van der Waals surface area contributed by atoms with Crippen molar-refractivity contribution in [1.82, 2.24) is 0 Å². The summed E-state index contributed by atoms with van der Waals surface area (Å²) in [5.41, 5.74) is 0.729. The number of hydrogen-bond donors (Lipinski definition) is 0. The Morgan fingerprint density at radius 3 is 1.95 bits per heavy atom. The van der Waals surface area contributed by atoms with Crippen LogP contribution in [0, 0.1) is 17.3 Å². The monoisotopic (exact) mass is 280 g/mol. The quantitative estimate of drug-likeness (QED) is 0.504. The Kier molecular flexibility index (Phi) is 8.89. The fraction of sp³-hybridized carbons (Fsp3) is 1.00. The maximum absolute atomic E-state index is 2.47. The van der Waals surface area contributed by atoms with E-state index in [0.29, 0.717) is 0 Å². The number of hydrogen-bond acceptors (Lipinski definition) is 0. The van der Waals surface area contributed by atoms with Gasteiger partial charge in [-0.15, -0.1) is 0 Å². The van der Waals surface area contributed by atoms with Gasteiger partial charge >= 0.3 is 0 Å². The molecule has 2 saturated carbocycles. The molecule has 0 amide bonds. The van der Waals surface area contributed by atoms with Crippen molar-refractivity contribution in [2.24, 2.45) is 17.3 Å². The number of rotatable bonds is 4. The van der Waals surface area contributed by atoms with E-state index in [2.05, 4.69) is 27.7 Å². The molecule has 120 valence electrons. The first-order valence-electron chi connectivity index (χ1n) is 9.56. The Bertz CT molecular complexity index is 211. The summed E-state index contributed by atoms with van der Waals surface area (Å²) in [5, 5.41) is 0. The minimum absolute atomic E-state index is 0.729. The maximum Gasteiger partial charge on any atom is -0.0326 e. The lowest BCUT2D eigenvalue weighted by Gasteiger charge is -2.33. The van der Waals surface area contributed by atoms with E-state index >= 15 is 0 Å². The van der Waals surface area contributed by atoms with Crippen LogP contribution in [0.3, 0.4) is 0 Å². The maximum atomic E-state index is 2.47. The molecule has 0 bridgehead atoms. The summed E-state index contributed by atoms with van der Waals surface area (Å²) >= 11 is 0. The van der Waals surface area contributed by atoms with Gasteiger partial charge in [0, 0.05) is 0 Å². The average Bonchev–Trinajstić information content (AvgIpc) is 2.40. The molecule has 0 nitrogen and oxygen atoms in total. The molecule has 2 fully saturated rings. The van der Waals surface area contributed by atoms with Crippen LogP contribution in [0.15, 0.2) is 0 Å². The van der Waals surface area contributed by atoms with Gasteiger partial charge in [-0.05, 0) is 42.9 Å². The third-order valence-corrected chi connectivity index (χ3v) is 5.44. The highest BCUT2D eigenvalue weighted by molar-refractivity contribution is 4.77. The van der Waals surface area contributed by atoms with E-state index in [1.54, 1.807) is 0 Å². The fourth-order valence-corrected chi connectivity index (χ4v) is 4.35. The molecule has 0 aromatic rings. The zero-order valence-corrected chi connectivity index (χ0v) is 14.8. The Hall–Kier alpha value is 0. The molecular formula is C20H40. The highest BCUT2D eigenvalue weighted by atomic mass is 14.3. The summed E-state index contributed by atoms with van der Waals surface area (Å²) in [6.07, 6.45) is 19.2.